The van der Waals surface area contributed by atoms with Gasteiger partial charge in [0, 0.05) is 17.4 Å². The zero-order chi connectivity index (χ0) is 41.1. The topological polar surface area (TPSA) is 34.6 Å². The van der Waals surface area contributed by atoms with E-state index >= 15 is 0 Å². The highest BCUT2D eigenvalue weighted by Gasteiger charge is 2.53. The van der Waals surface area contributed by atoms with Crippen molar-refractivity contribution in [2.24, 2.45) is 0 Å². The maximum atomic E-state index is 6.37. The minimum absolute atomic E-state index is 0.438. The van der Waals surface area contributed by atoms with Crippen LogP contribution >= 0.6 is 0 Å². The molecular formula is C56H43BN2O2. The van der Waals surface area contributed by atoms with Crippen molar-refractivity contribution in [2.75, 3.05) is 4.90 Å². The molecule has 12 rings (SSSR count). The Bertz CT molecular complexity index is 3110. The van der Waals surface area contributed by atoms with Crippen LogP contribution in [-0.4, -0.2) is 23.3 Å². The third-order valence-electron chi connectivity index (χ3n) is 13.9. The van der Waals surface area contributed by atoms with Crippen molar-refractivity contribution in [3.63, 3.8) is 0 Å². The average Bonchev–Trinajstić information content (AvgIpc) is 3.71. The lowest BCUT2D eigenvalue weighted by atomic mass is 9.64. The van der Waals surface area contributed by atoms with Gasteiger partial charge in [-0.25, -0.2) is 0 Å². The van der Waals surface area contributed by atoms with E-state index in [1.165, 1.54) is 83.0 Å². The van der Waals surface area contributed by atoms with Gasteiger partial charge in [0.1, 0.15) is 0 Å². The summed E-state index contributed by atoms with van der Waals surface area (Å²) in [5, 5.41) is 4.78. The van der Waals surface area contributed by atoms with Crippen LogP contribution in [0.15, 0.2) is 188 Å². The number of aromatic nitrogens is 1. The first-order valence-electron chi connectivity index (χ1n) is 21.3. The van der Waals surface area contributed by atoms with E-state index in [1.54, 1.807) is 0 Å². The van der Waals surface area contributed by atoms with E-state index in [-0.39, 0.29) is 0 Å². The summed E-state index contributed by atoms with van der Waals surface area (Å²) in [6.45, 7) is 8.31. The Kier molecular flexibility index (Phi) is 7.76. The normalized spacial score (nSPS) is 16.4. The lowest BCUT2D eigenvalue weighted by Gasteiger charge is -2.45. The third kappa shape index (κ3) is 5.05. The van der Waals surface area contributed by atoms with Crippen LogP contribution < -0.4 is 10.5 Å². The Morgan fingerprint density at radius 2 is 0.918 bits per heavy atom. The van der Waals surface area contributed by atoms with Crippen LogP contribution in [-0.2, 0) is 14.7 Å². The van der Waals surface area contributed by atoms with Gasteiger partial charge in [-0.15, -0.1) is 0 Å². The second kappa shape index (κ2) is 13.1. The standard InChI is InChI=1S/C56H43BN2O2/c1-54(2)55(3,4)61-57(60-54)51-33-31-37(35-58-51)53-43-23-10-8-21-41(43)52(42-22-9-11-24-44(42)53)36-30-32-40-39-20-12-13-25-45(39)56(48(40)34-36)46-26-14-16-28-49(46)59(38-18-6-5-7-19-38)50-29-17-15-27-47(50)56/h5-35H,1-4H3. The molecule has 0 atom stereocenters. The van der Waals surface area contributed by atoms with Gasteiger partial charge in [-0.2, -0.15) is 0 Å². The summed E-state index contributed by atoms with van der Waals surface area (Å²) in [5.74, 6) is 0. The Hall–Kier alpha value is -6.79. The molecule has 0 N–H and O–H groups in total. The molecule has 1 saturated heterocycles. The summed E-state index contributed by atoms with van der Waals surface area (Å²) < 4.78 is 12.7. The first kappa shape index (κ1) is 36.1. The van der Waals surface area contributed by atoms with E-state index in [4.69, 9.17) is 14.3 Å². The number of hydrogen-bond donors (Lipinski definition) is 0. The van der Waals surface area contributed by atoms with Gasteiger partial charge in [-0.3, -0.25) is 4.98 Å². The second-order valence-electron chi connectivity index (χ2n) is 17.7. The molecule has 9 aromatic rings. The molecule has 292 valence electrons. The highest BCUT2D eigenvalue weighted by atomic mass is 16.7. The minimum atomic E-state index is -0.545. The lowest BCUT2D eigenvalue weighted by Crippen LogP contribution is -2.41. The Balaban J connectivity index is 1.08. The van der Waals surface area contributed by atoms with Crippen molar-refractivity contribution in [1.29, 1.82) is 0 Å². The number of rotatable bonds is 4. The first-order chi connectivity index (χ1) is 29.8. The van der Waals surface area contributed by atoms with Crippen molar-refractivity contribution in [3.8, 4) is 33.4 Å². The van der Waals surface area contributed by atoms with Gasteiger partial charge in [0.2, 0.25) is 0 Å². The fraction of sp³-hybridized carbons (Fsp3) is 0.125. The van der Waals surface area contributed by atoms with E-state index in [0.29, 0.717) is 0 Å². The molecule has 0 radical (unpaired) electrons. The van der Waals surface area contributed by atoms with Gasteiger partial charge in [-0.05, 0) is 136 Å². The molecule has 0 amide bonds. The van der Waals surface area contributed by atoms with Gasteiger partial charge in [-0.1, -0.05) is 146 Å². The van der Waals surface area contributed by atoms with Crippen molar-refractivity contribution < 1.29 is 9.31 Å². The first-order valence-corrected chi connectivity index (χ1v) is 21.3. The molecule has 8 aromatic carbocycles. The zero-order valence-corrected chi connectivity index (χ0v) is 34.7. The van der Waals surface area contributed by atoms with Crippen molar-refractivity contribution in [3.05, 3.63) is 210 Å². The van der Waals surface area contributed by atoms with Crippen molar-refractivity contribution >= 4 is 51.3 Å². The maximum absolute atomic E-state index is 6.37. The summed E-state index contributed by atoms with van der Waals surface area (Å²) in [6, 6.07) is 67.1. The Morgan fingerprint density at radius 3 is 1.49 bits per heavy atom. The molecular weight excluding hydrogens is 743 g/mol. The smallest absolute Gasteiger partial charge is 0.398 e. The fourth-order valence-electron chi connectivity index (χ4n) is 10.5. The Labute approximate surface area is 357 Å². The zero-order valence-electron chi connectivity index (χ0n) is 34.7. The fourth-order valence-corrected chi connectivity index (χ4v) is 10.5. The van der Waals surface area contributed by atoms with E-state index < -0.39 is 23.7 Å². The van der Waals surface area contributed by atoms with Crippen LogP contribution in [0.5, 0.6) is 0 Å². The highest BCUT2D eigenvalue weighted by Crippen LogP contribution is 2.64. The maximum Gasteiger partial charge on any atom is 0.514 e. The summed E-state index contributed by atoms with van der Waals surface area (Å²) in [7, 11) is -0.520. The molecule has 3 aliphatic rings. The molecule has 1 fully saturated rings. The molecule has 0 unspecified atom stereocenters. The molecule has 61 heavy (non-hydrogen) atoms. The summed E-state index contributed by atoms with van der Waals surface area (Å²) in [4.78, 5) is 7.42. The number of nitrogens with zero attached hydrogens (tertiary/aromatic N) is 2. The number of hydrogen-bond acceptors (Lipinski definition) is 4. The predicted molar refractivity (Wildman–Crippen MR) is 251 cm³/mol. The molecule has 1 spiro atoms. The van der Waals surface area contributed by atoms with E-state index in [1.807, 2.05) is 6.20 Å². The van der Waals surface area contributed by atoms with Crippen LogP contribution in [0.25, 0.3) is 54.9 Å². The molecule has 2 aliphatic heterocycles. The monoisotopic (exact) mass is 786 g/mol. The molecule has 0 saturated carbocycles. The summed E-state index contributed by atoms with van der Waals surface area (Å²) >= 11 is 0. The van der Waals surface area contributed by atoms with E-state index in [0.717, 1.165) is 16.8 Å². The van der Waals surface area contributed by atoms with Crippen LogP contribution in [0.3, 0.4) is 0 Å². The van der Waals surface area contributed by atoms with E-state index in [9.17, 15) is 0 Å². The summed E-state index contributed by atoms with van der Waals surface area (Å²) in [6.07, 6.45) is 1.99. The lowest BCUT2D eigenvalue weighted by molar-refractivity contribution is 0.00578. The van der Waals surface area contributed by atoms with Gasteiger partial charge in [0.25, 0.3) is 0 Å². The van der Waals surface area contributed by atoms with Crippen molar-refractivity contribution in [2.45, 2.75) is 44.3 Å². The van der Waals surface area contributed by atoms with Gasteiger partial charge in [0.15, 0.2) is 0 Å². The number of pyridine rings is 1. The molecule has 3 heterocycles. The molecule has 5 heteroatoms. The van der Waals surface area contributed by atoms with E-state index in [2.05, 4.69) is 215 Å². The quantitative estimate of drug-likeness (QED) is 0.131. The highest BCUT2D eigenvalue weighted by molar-refractivity contribution is 6.61. The number of fused-ring (bicyclic) bond motifs is 11. The van der Waals surface area contributed by atoms with Gasteiger partial charge in [0.05, 0.1) is 33.6 Å². The van der Waals surface area contributed by atoms with Crippen molar-refractivity contribution in [1.82, 2.24) is 4.98 Å². The SMILES string of the molecule is CC1(C)OB(c2ccc(-c3c4ccccc4c(-c4ccc5c(c4)C4(c6ccccc6-5)c5ccccc5N(c5ccccc5)c5ccccc54)c4ccccc34)cn2)OC1(C)C. The predicted octanol–water partition coefficient (Wildman–Crippen LogP) is 13.2. The number of benzene rings is 8. The second-order valence-corrected chi connectivity index (χ2v) is 17.7. The molecule has 1 aliphatic carbocycles. The molecule has 0 bridgehead atoms. The Morgan fingerprint density at radius 1 is 0.443 bits per heavy atom. The van der Waals surface area contributed by atoms with Crippen LogP contribution in [0.1, 0.15) is 49.9 Å². The van der Waals surface area contributed by atoms with Gasteiger partial charge < -0.3 is 14.2 Å². The van der Waals surface area contributed by atoms with Crippen LogP contribution in [0, 0.1) is 0 Å². The number of para-hydroxylation sites is 3. The molecule has 4 nitrogen and oxygen atoms in total. The van der Waals surface area contributed by atoms with Gasteiger partial charge >= 0.3 is 7.12 Å². The largest absolute Gasteiger partial charge is 0.514 e. The minimum Gasteiger partial charge on any atom is -0.398 e. The average molecular weight is 787 g/mol. The van der Waals surface area contributed by atoms with Crippen LogP contribution in [0.4, 0.5) is 17.1 Å². The summed E-state index contributed by atoms with van der Waals surface area (Å²) in [5.41, 5.74) is 15.3. The number of anilines is 3. The third-order valence-corrected chi connectivity index (χ3v) is 13.9. The van der Waals surface area contributed by atoms with Crippen LogP contribution in [0.2, 0.25) is 0 Å². The molecule has 1 aromatic heterocycles.